The zero-order chi connectivity index (χ0) is 18.6. The van der Waals surface area contributed by atoms with Gasteiger partial charge in [-0.05, 0) is 44.4 Å². The third-order valence-corrected chi connectivity index (χ3v) is 3.76. The molecule has 0 saturated carbocycles. The quantitative estimate of drug-likeness (QED) is 0.707. The van der Waals surface area contributed by atoms with Gasteiger partial charge in [0.25, 0.3) is 6.43 Å². The van der Waals surface area contributed by atoms with Crippen molar-refractivity contribution in [2.75, 3.05) is 6.61 Å². The number of nitrogens with two attached hydrogens (primary N) is 1. The number of hydrogen-bond donors (Lipinski definition) is 1. The highest BCUT2D eigenvalue weighted by molar-refractivity contribution is 6.29. The van der Waals surface area contributed by atoms with Crippen LogP contribution in [0.5, 0.6) is 5.75 Å². The molecule has 136 valence electrons. The van der Waals surface area contributed by atoms with E-state index in [1.54, 1.807) is 12.1 Å². The largest absolute Gasteiger partial charge is 0.491 e. The van der Waals surface area contributed by atoms with Crippen LogP contribution in [0.4, 0.5) is 8.78 Å². The summed E-state index contributed by atoms with van der Waals surface area (Å²) in [6.45, 7) is 6.11. The highest BCUT2D eigenvalue weighted by Gasteiger charge is 2.20. The van der Waals surface area contributed by atoms with Gasteiger partial charge in [0.15, 0.2) is 0 Å². The second-order valence-corrected chi connectivity index (χ2v) is 7.27. The number of aromatic nitrogens is 2. The minimum atomic E-state index is -2.67. The molecule has 1 atom stereocenters. The van der Waals surface area contributed by atoms with Gasteiger partial charge in [-0.3, -0.25) is 4.98 Å². The second kappa shape index (κ2) is 8.06. The molecule has 2 rings (SSSR count). The average molecular weight is 370 g/mol. The topological polar surface area (TPSA) is 61.0 Å². The van der Waals surface area contributed by atoms with E-state index in [-0.39, 0.29) is 27.9 Å². The van der Waals surface area contributed by atoms with Crippen molar-refractivity contribution in [3.05, 3.63) is 41.3 Å². The summed E-state index contributed by atoms with van der Waals surface area (Å²) in [5.74, 6) is 0.213. The molecule has 4 nitrogen and oxygen atoms in total. The molecular formula is C18H22ClF2N3O. The Balaban J connectivity index is 2.19. The van der Waals surface area contributed by atoms with Gasteiger partial charge in [0.1, 0.15) is 10.9 Å². The lowest BCUT2D eigenvalue weighted by Gasteiger charge is -2.23. The molecule has 7 heteroatoms. The van der Waals surface area contributed by atoms with Crippen LogP contribution < -0.4 is 10.5 Å². The normalized spacial score (nSPS) is 13.1. The number of ether oxygens (including phenoxy) is 1. The van der Waals surface area contributed by atoms with E-state index in [9.17, 15) is 8.78 Å². The van der Waals surface area contributed by atoms with E-state index in [0.717, 1.165) is 6.42 Å². The molecule has 0 aromatic carbocycles. The van der Waals surface area contributed by atoms with Gasteiger partial charge in [-0.1, -0.05) is 18.5 Å². The molecule has 0 unspecified atom stereocenters. The average Bonchev–Trinajstić information content (AvgIpc) is 2.51. The summed E-state index contributed by atoms with van der Waals surface area (Å²) in [5, 5.41) is 0.274. The molecule has 0 spiro atoms. The number of alkyl halides is 2. The fourth-order valence-electron chi connectivity index (χ4n) is 2.66. The molecular weight excluding hydrogens is 348 g/mol. The second-order valence-electron chi connectivity index (χ2n) is 6.88. The van der Waals surface area contributed by atoms with Gasteiger partial charge in [-0.2, -0.15) is 0 Å². The van der Waals surface area contributed by atoms with Crippen LogP contribution in [0.25, 0.3) is 11.3 Å². The van der Waals surface area contributed by atoms with Gasteiger partial charge in [0, 0.05) is 17.3 Å². The summed E-state index contributed by atoms with van der Waals surface area (Å²) in [7, 11) is 0. The maximum atomic E-state index is 13.4. The van der Waals surface area contributed by atoms with Crippen LogP contribution >= 0.6 is 11.6 Å². The third kappa shape index (κ3) is 5.90. The fourth-order valence-corrected chi connectivity index (χ4v) is 2.83. The first-order chi connectivity index (χ1) is 11.7. The molecule has 0 amide bonds. The van der Waals surface area contributed by atoms with Crippen molar-refractivity contribution in [2.24, 2.45) is 11.7 Å². The maximum Gasteiger partial charge on any atom is 0.267 e. The Morgan fingerprint density at radius 2 is 2.00 bits per heavy atom. The minimum Gasteiger partial charge on any atom is -0.491 e. The highest BCUT2D eigenvalue weighted by atomic mass is 35.5. The molecule has 2 aromatic heterocycles. The highest BCUT2D eigenvalue weighted by Crippen LogP contribution is 2.32. The number of pyridine rings is 2. The van der Waals surface area contributed by atoms with E-state index in [4.69, 9.17) is 22.1 Å². The Labute approximate surface area is 151 Å². The third-order valence-electron chi connectivity index (χ3n) is 3.55. The fraction of sp³-hybridized carbons (Fsp3) is 0.444. The summed E-state index contributed by atoms with van der Waals surface area (Å²) in [6, 6.07) is 4.56. The SMILES string of the molecule is C[C@@H](COc1cnc(-c2ccnc(Cl)c2)cc1C(F)F)CC(C)(C)N. The van der Waals surface area contributed by atoms with Gasteiger partial charge >= 0.3 is 0 Å². The molecule has 0 saturated heterocycles. The minimum absolute atomic E-state index is 0.0839. The van der Waals surface area contributed by atoms with E-state index < -0.39 is 6.43 Å². The maximum absolute atomic E-state index is 13.4. The van der Waals surface area contributed by atoms with Gasteiger partial charge in [0.05, 0.1) is 24.1 Å². The van der Waals surface area contributed by atoms with Gasteiger partial charge in [-0.25, -0.2) is 13.8 Å². The molecule has 2 aromatic rings. The van der Waals surface area contributed by atoms with Crippen molar-refractivity contribution in [3.8, 4) is 17.0 Å². The molecule has 0 aliphatic rings. The Morgan fingerprint density at radius 1 is 1.28 bits per heavy atom. The van der Waals surface area contributed by atoms with Gasteiger partial charge < -0.3 is 10.5 Å². The Bertz CT molecular complexity index is 720. The molecule has 0 aliphatic heterocycles. The number of nitrogens with zero attached hydrogens (tertiary/aromatic N) is 2. The zero-order valence-electron chi connectivity index (χ0n) is 14.5. The Hall–Kier alpha value is -1.79. The van der Waals surface area contributed by atoms with E-state index in [2.05, 4.69) is 9.97 Å². The first kappa shape index (κ1) is 19.5. The predicted octanol–water partition coefficient (Wildman–Crippen LogP) is 4.88. The van der Waals surface area contributed by atoms with Crippen molar-refractivity contribution >= 4 is 11.6 Å². The van der Waals surface area contributed by atoms with Crippen molar-refractivity contribution < 1.29 is 13.5 Å². The Morgan fingerprint density at radius 3 is 2.60 bits per heavy atom. The summed E-state index contributed by atoms with van der Waals surface area (Å²) >= 11 is 5.84. The number of rotatable bonds is 7. The van der Waals surface area contributed by atoms with Crippen molar-refractivity contribution in [1.82, 2.24) is 9.97 Å². The summed E-state index contributed by atoms with van der Waals surface area (Å²) in [4.78, 5) is 8.09. The molecule has 0 fully saturated rings. The lowest BCUT2D eigenvalue weighted by atomic mass is 9.93. The monoisotopic (exact) mass is 369 g/mol. The van der Waals surface area contributed by atoms with Gasteiger partial charge in [0.2, 0.25) is 0 Å². The van der Waals surface area contributed by atoms with Crippen LogP contribution in [-0.4, -0.2) is 22.1 Å². The van der Waals surface area contributed by atoms with Crippen molar-refractivity contribution in [1.29, 1.82) is 0 Å². The van der Waals surface area contributed by atoms with E-state index in [0.29, 0.717) is 17.9 Å². The predicted molar refractivity (Wildman–Crippen MR) is 95.0 cm³/mol. The molecule has 0 bridgehead atoms. The molecule has 0 aliphatic carbocycles. The molecule has 0 radical (unpaired) electrons. The lowest BCUT2D eigenvalue weighted by Crippen LogP contribution is -2.35. The van der Waals surface area contributed by atoms with Crippen LogP contribution in [0.1, 0.15) is 39.2 Å². The van der Waals surface area contributed by atoms with Crippen LogP contribution in [0, 0.1) is 5.92 Å². The molecule has 25 heavy (non-hydrogen) atoms. The van der Waals surface area contributed by atoms with Crippen LogP contribution in [0.2, 0.25) is 5.15 Å². The number of halogens is 3. The standard InChI is InChI=1S/C18H22ClF2N3O/c1-11(8-18(2,3)22)10-25-15-9-24-14(7-13(15)17(20)21)12-4-5-23-16(19)6-12/h4-7,9,11,17H,8,10,22H2,1-3H3/t11-/m1/s1. The van der Waals surface area contributed by atoms with Crippen LogP contribution in [0.15, 0.2) is 30.6 Å². The zero-order valence-corrected chi connectivity index (χ0v) is 15.2. The molecule has 2 heterocycles. The summed E-state index contributed by atoms with van der Waals surface area (Å²) in [6.07, 6.45) is 0.876. The summed E-state index contributed by atoms with van der Waals surface area (Å²) < 4.78 is 32.4. The summed E-state index contributed by atoms with van der Waals surface area (Å²) in [5.41, 5.74) is 6.45. The van der Waals surface area contributed by atoms with Gasteiger partial charge in [-0.15, -0.1) is 0 Å². The lowest BCUT2D eigenvalue weighted by molar-refractivity contribution is 0.142. The van der Waals surface area contributed by atoms with E-state index in [1.807, 2.05) is 20.8 Å². The van der Waals surface area contributed by atoms with E-state index in [1.165, 1.54) is 18.5 Å². The first-order valence-corrected chi connectivity index (χ1v) is 8.35. The Kier molecular flexibility index (Phi) is 6.30. The van der Waals surface area contributed by atoms with E-state index >= 15 is 0 Å². The molecule has 2 N–H and O–H groups in total. The van der Waals surface area contributed by atoms with Crippen molar-refractivity contribution in [3.63, 3.8) is 0 Å². The van der Waals surface area contributed by atoms with Crippen molar-refractivity contribution in [2.45, 2.75) is 39.2 Å². The van der Waals surface area contributed by atoms with Crippen LogP contribution in [0.3, 0.4) is 0 Å². The smallest absolute Gasteiger partial charge is 0.267 e. The first-order valence-electron chi connectivity index (χ1n) is 7.97. The van der Waals surface area contributed by atoms with Crippen LogP contribution in [-0.2, 0) is 0 Å². The number of hydrogen-bond acceptors (Lipinski definition) is 4.